The lowest BCUT2D eigenvalue weighted by Gasteiger charge is -2.19. The van der Waals surface area contributed by atoms with E-state index in [0.717, 1.165) is 17.0 Å². The molecule has 4 nitrogen and oxygen atoms in total. The van der Waals surface area contributed by atoms with Crippen LogP contribution in [0.25, 0.3) is 27.8 Å². The minimum absolute atomic E-state index is 0.0613. The summed E-state index contributed by atoms with van der Waals surface area (Å²) in [6, 6.07) is 8.77. The van der Waals surface area contributed by atoms with Crippen molar-refractivity contribution in [3.63, 3.8) is 0 Å². The molecule has 0 spiro atoms. The van der Waals surface area contributed by atoms with Gasteiger partial charge in [0.05, 0.1) is 17.0 Å². The van der Waals surface area contributed by atoms with Crippen LogP contribution < -0.4 is 4.57 Å². The molecule has 0 unspecified atom stereocenters. The van der Waals surface area contributed by atoms with Gasteiger partial charge in [0.15, 0.2) is 0 Å². The maximum Gasteiger partial charge on any atom is 0.292 e. The van der Waals surface area contributed by atoms with Gasteiger partial charge >= 0.3 is 0 Å². The van der Waals surface area contributed by atoms with Crippen LogP contribution >= 0.6 is 0 Å². The summed E-state index contributed by atoms with van der Waals surface area (Å²) in [5.41, 5.74) is 7.36. The molecule has 0 fully saturated rings. The van der Waals surface area contributed by atoms with Crippen LogP contribution in [0.3, 0.4) is 0 Å². The monoisotopic (exact) mass is 375 g/mol. The van der Waals surface area contributed by atoms with Crippen molar-refractivity contribution in [2.45, 2.75) is 59.3 Å². The van der Waals surface area contributed by atoms with Crippen LogP contribution in [0.2, 0.25) is 0 Å². The number of H-pyrrole nitrogens is 1. The molecule has 0 aliphatic rings. The molecule has 28 heavy (non-hydrogen) atoms. The van der Waals surface area contributed by atoms with E-state index < -0.39 is 0 Å². The second-order valence-electron chi connectivity index (χ2n) is 9.92. The second-order valence-corrected chi connectivity index (χ2v) is 9.92. The molecule has 4 heteroatoms. The lowest BCUT2D eigenvalue weighted by molar-refractivity contribution is -0.567. The molecular weight excluding hydrogens is 344 g/mol. The van der Waals surface area contributed by atoms with Gasteiger partial charge in [0.1, 0.15) is 17.0 Å². The van der Waals surface area contributed by atoms with Crippen molar-refractivity contribution < 1.29 is 4.57 Å². The number of nitrogens with one attached hydrogen (secondary N) is 1. The minimum Gasteiger partial charge on any atom is -0.332 e. The predicted octanol–water partition coefficient (Wildman–Crippen LogP) is 5.23. The molecule has 4 aromatic rings. The van der Waals surface area contributed by atoms with Crippen molar-refractivity contribution in [1.29, 1.82) is 0 Å². The van der Waals surface area contributed by atoms with Crippen molar-refractivity contribution in [3.8, 4) is 5.69 Å². The average molecular weight is 376 g/mol. The first-order valence-electron chi connectivity index (χ1n) is 9.99. The number of rotatable bonds is 1. The number of aromatic amines is 1. The molecule has 4 aromatic heterocycles. The van der Waals surface area contributed by atoms with Crippen molar-refractivity contribution in [2.75, 3.05) is 0 Å². The number of fused-ring (bicyclic) bond motifs is 2. The van der Waals surface area contributed by atoms with E-state index in [0.29, 0.717) is 0 Å². The Labute approximate surface area is 167 Å². The summed E-state index contributed by atoms with van der Waals surface area (Å²) >= 11 is 0. The van der Waals surface area contributed by atoms with Crippen LogP contribution in [-0.4, -0.2) is 14.5 Å². The lowest BCUT2D eigenvalue weighted by Crippen LogP contribution is -2.31. The summed E-state index contributed by atoms with van der Waals surface area (Å²) in [4.78, 5) is 8.34. The lowest BCUT2D eigenvalue weighted by atomic mass is 9.85. The van der Waals surface area contributed by atoms with E-state index in [1.807, 2.05) is 6.20 Å². The molecule has 0 radical (unpaired) electrons. The maximum absolute atomic E-state index is 4.68. The van der Waals surface area contributed by atoms with Crippen LogP contribution in [0.1, 0.15) is 58.5 Å². The van der Waals surface area contributed by atoms with Gasteiger partial charge in [-0.2, -0.15) is 4.57 Å². The highest BCUT2D eigenvalue weighted by Crippen LogP contribution is 2.33. The van der Waals surface area contributed by atoms with Crippen LogP contribution in [0.4, 0.5) is 0 Å². The number of nitrogens with zero attached hydrogens (tertiary/aromatic N) is 3. The van der Waals surface area contributed by atoms with Crippen molar-refractivity contribution >= 4 is 22.1 Å². The summed E-state index contributed by atoms with van der Waals surface area (Å²) in [6.45, 7) is 15.7. The highest BCUT2D eigenvalue weighted by Gasteiger charge is 2.28. The molecular formula is C24H31N4+. The Morgan fingerprint density at radius 3 is 2.36 bits per heavy atom. The normalized spacial score (nSPS) is 13.0. The maximum atomic E-state index is 4.68. The van der Waals surface area contributed by atoms with E-state index >= 15 is 0 Å². The zero-order valence-electron chi connectivity index (χ0n) is 18.3. The molecule has 0 saturated carbocycles. The standard InChI is InChI=1S/C24H30N4/c1-15-20(24(5,6)7)16-10-9-13-28(22(16)26-15)18-11-12-25-21-17(18)14-19(27(21)8)23(2,3)4/h9-14H,1-8H3/p+1. The molecule has 1 N–H and O–H groups in total. The van der Waals surface area contributed by atoms with Crippen molar-refractivity contribution in [1.82, 2.24) is 14.5 Å². The first-order valence-corrected chi connectivity index (χ1v) is 9.99. The fraction of sp³-hybridized carbons (Fsp3) is 0.417. The summed E-state index contributed by atoms with van der Waals surface area (Å²) in [6.07, 6.45) is 4.06. The molecule has 0 saturated heterocycles. The SMILES string of the molecule is Cc1[nH]c2c(ccc[n+]2-c2ccnc3c2cc(C(C)(C)C)n3C)c1C(C)(C)C. The van der Waals surface area contributed by atoms with E-state index in [4.69, 9.17) is 0 Å². The zero-order valence-corrected chi connectivity index (χ0v) is 18.3. The highest BCUT2D eigenvalue weighted by molar-refractivity contribution is 5.86. The van der Waals surface area contributed by atoms with Crippen LogP contribution in [0.15, 0.2) is 36.7 Å². The quantitative estimate of drug-likeness (QED) is 0.454. The molecule has 4 heterocycles. The van der Waals surface area contributed by atoms with E-state index in [1.54, 1.807) is 0 Å². The third-order valence-corrected chi connectivity index (χ3v) is 5.63. The van der Waals surface area contributed by atoms with Crippen LogP contribution in [0, 0.1) is 6.92 Å². The van der Waals surface area contributed by atoms with Gasteiger partial charge in [0, 0.05) is 36.0 Å². The van der Waals surface area contributed by atoms with Gasteiger partial charge in [-0.25, -0.2) is 9.97 Å². The largest absolute Gasteiger partial charge is 0.332 e. The summed E-state index contributed by atoms with van der Waals surface area (Å²) in [7, 11) is 2.11. The van der Waals surface area contributed by atoms with Crippen LogP contribution in [0.5, 0.6) is 0 Å². The predicted molar refractivity (Wildman–Crippen MR) is 116 cm³/mol. The highest BCUT2D eigenvalue weighted by atomic mass is 15.1. The first-order chi connectivity index (χ1) is 13.0. The van der Waals surface area contributed by atoms with Gasteiger partial charge in [-0.05, 0) is 30.5 Å². The van der Waals surface area contributed by atoms with E-state index in [1.165, 1.54) is 27.7 Å². The van der Waals surface area contributed by atoms with Gasteiger partial charge in [-0.3, -0.25) is 0 Å². The Morgan fingerprint density at radius 2 is 1.71 bits per heavy atom. The molecule has 0 atom stereocenters. The second kappa shape index (κ2) is 5.94. The number of hydrogen-bond acceptors (Lipinski definition) is 1. The number of aromatic nitrogens is 4. The molecule has 0 aliphatic heterocycles. The summed E-state index contributed by atoms with van der Waals surface area (Å²) < 4.78 is 4.49. The molecule has 0 aliphatic carbocycles. The number of hydrogen-bond donors (Lipinski definition) is 1. The zero-order chi connectivity index (χ0) is 20.4. The Hall–Kier alpha value is -2.62. The number of aryl methyl sites for hydroxylation is 2. The summed E-state index contributed by atoms with van der Waals surface area (Å²) in [5.74, 6) is 0. The fourth-order valence-corrected chi connectivity index (χ4v) is 4.58. The third kappa shape index (κ3) is 2.74. The summed E-state index contributed by atoms with van der Waals surface area (Å²) in [5, 5.41) is 2.46. The van der Waals surface area contributed by atoms with Crippen molar-refractivity contribution in [2.24, 2.45) is 7.05 Å². The number of pyridine rings is 2. The Bertz CT molecular complexity index is 1180. The third-order valence-electron chi connectivity index (χ3n) is 5.63. The van der Waals surface area contributed by atoms with E-state index in [9.17, 15) is 0 Å². The van der Waals surface area contributed by atoms with Gasteiger partial charge in [0.25, 0.3) is 5.65 Å². The average Bonchev–Trinajstić information content (AvgIpc) is 3.10. The Kier molecular flexibility index (Phi) is 3.97. The van der Waals surface area contributed by atoms with Crippen LogP contribution in [-0.2, 0) is 17.9 Å². The fourth-order valence-electron chi connectivity index (χ4n) is 4.58. The van der Waals surface area contributed by atoms with Gasteiger partial charge in [-0.15, -0.1) is 0 Å². The van der Waals surface area contributed by atoms with E-state index in [2.05, 4.69) is 105 Å². The topological polar surface area (TPSA) is 37.5 Å². The minimum atomic E-state index is 0.0613. The molecule has 0 aromatic carbocycles. The van der Waals surface area contributed by atoms with Gasteiger partial charge < -0.3 is 4.57 Å². The Balaban J connectivity index is 2.06. The smallest absolute Gasteiger partial charge is 0.292 e. The Morgan fingerprint density at radius 1 is 1.00 bits per heavy atom. The van der Waals surface area contributed by atoms with Crippen molar-refractivity contribution in [3.05, 3.63) is 53.6 Å². The van der Waals surface area contributed by atoms with Gasteiger partial charge in [0.2, 0.25) is 0 Å². The first kappa shape index (κ1) is 18.7. The molecule has 4 rings (SSSR count). The molecule has 146 valence electrons. The van der Waals surface area contributed by atoms with Gasteiger partial charge in [-0.1, -0.05) is 41.5 Å². The molecule has 0 bridgehead atoms. The molecule has 0 amide bonds. The van der Waals surface area contributed by atoms with E-state index in [-0.39, 0.29) is 10.8 Å².